The summed E-state index contributed by atoms with van der Waals surface area (Å²) in [6, 6.07) is 27.7. The van der Waals surface area contributed by atoms with Gasteiger partial charge in [-0.2, -0.15) is 0 Å². The van der Waals surface area contributed by atoms with E-state index in [0.29, 0.717) is 19.6 Å². The average molecular weight is 530 g/mol. The molecule has 0 aliphatic carbocycles. The molecule has 0 bridgehead atoms. The average Bonchev–Trinajstić information content (AvgIpc) is 3.38. The first kappa shape index (κ1) is 26.3. The summed E-state index contributed by atoms with van der Waals surface area (Å²) in [7, 11) is 1.67. The molecular formula is C31H35N3O3S. The van der Waals surface area contributed by atoms with Crippen LogP contribution < -0.4 is 15.4 Å². The number of hydrogen-bond acceptors (Lipinski definition) is 5. The van der Waals surface area contributed by atoms with Gasteiger partial charge in [-0.15, -0.1) is 11.8 Å². The molecule has 2 amide bonds. The van der Waals surface area contributed by atoms with Gasteiger partial charge in [0.1, 0.15) is 5.75 Å². The molecular weight excluding hydrogens is 494 g/mol. The van der Waals surface area contributed by atoms with Crippen molar-refractivity contribution in [3.8, 4) is 5.75 Å². The molecule has 198 valence electrons. The first-order valence-electron chi connectivity index (χ1n) is 13.3. The van der Waals surface area contributed by atoms with Gasteiger partial charge in [0.15, 0.2) is 0 Å². The third-order valence-electron chi connectivity index (χ3n) is 7.56. The number of nitrogens with zero attached hydrogens (tertiary/aromatic N) is 1. The summed E-state index contributed by atoms with van der Waals surface area (Å²) in [5, 5.41) is 6.71. The number of rotatable bonds is 8. The Kier molecular flexibility index (Phi) is 8.35. The zero-order valence-electron chi connectivity index (χ0n) is 21.8. The molecule has 1 atom stereocenters. The molecule has 38 heavy (non-hydrogen) atoms. The van der Waals surface area contributed by atoms with Gasteiger partial charge < -0.3 is 15.0 Å². The van der Waals surface area contributed by atoms with E-state index >= 15 is 0 Å². The van der Waals surface area contributed by atoms with E-state index in [0.717, 1.165) is 47.5 Å². The number of nitrogens with one attached hydrogen (secondary N) is 2. The van der Waals surface area contributed by atoms with Gasteiger partial charge in [-0.1, -0.05) is 78.9 Å². The molecule has 2 aliphatic heterocycles. The highest BCUT2D eigenvalue weighted by atomic mass is 32.2. The second-order valence-corrected chi connectivity index (χ2v) is 11.3. The number of ether oxygens (including phenoxy) is 1. The van der Waals surface area contributed by atoms with Gasteiger partial charge in [-0.3, -0.25) is 14.9 Å². The van der Waals surface area contributed by atoms with Crippen LogP contribution in [0.2, 0.25) is 0 Å². The maximum Gasteiger partial charge on any atom is 0.238 e. The van der Waals surface area contributed by atoms with Gasteiger partial charge in [0.2, 0.25) is 11.8 Å². The van der Waals surface area contributed by atoms with Crippen molar-refractivity contribution in [2.75, 3.05) is 32.5 Å². The van der Waals surface area contributed by atoms with Crippen LogP contribution in [0, 0.1) is 0 Å². The summed E-state index contributed by atoms with van der Waals surface area (Å²) in [5.41, 5.74) is 3.12. The third kappa shape index (κ3) is 5.89. The molecule has 0 saturated carbocycles. The zero-order valence-corrected chi connectivity index (χ0v) is 22.6. The Hall–Kier alpha value is -3.29. The fraction of sp³-hybridized carbons (Fsp3) is 0.355. The zero-order chi connectivity index (χ0) is 26.4. The van der Waals surface area contributed by atoms with E-state index in [2.05, 4.69) is 10.6 Å². The van der Waals surface area contributed by atoms with Crippen molar-refractivity contribution < 1.29 is 14.3 Å². The Bertz CT molecular complexity index is 1190. The predicted octanol–water partition coefficient (Wildman–Crippen LogP) is 4.21. The van der Waals surface area contributed by atoms with Crippen LogP contribution in [0.1, 0.15) is 35.4 Å². The van der Waals surface area contributed by atoms with Crippen molar-refractivity contribution in [1.29, 1.82) is 0 Å². The molecule has 2 saturated heterocycles. The highest BCUT2D eigenvalue weighted by Crippen LogP contribution is 2.40. The Morgan fingerprint density at radius 1 is 0.974 bits per heavy atom. The Morgan fingerprint density at radius 2 is 1.58 bits per heavy atom. The topological polar surface area (TPSA) is 70.7 Å². The minimum Gasteiger partial charge on any atom is -0.496 e. The number of thioether (sulfide) groups is 1. The standard InChI is InChI=1S/C31H35N3O3S/c1-37-27-15-9-8-10-23(27)16-19-32-29(35)26-22-38-31(33-26)17-20-34(21-18-31)30(36)28(24-11-4-2-5-12-24)25-13-6-3-7-14-25/h2-15,26,28,33H,16-22H2,1H3,(H,32,35). The number of hydrogen-bond donors (Lipinski definition) is 2. The normalized spacial score (nSPS) is 18.5. The number of methoxy groups -OCH3 is 1. The van der Waals surface area contributed by atoms with Gasteiger partial charge >= 0.3 is 0 Å². The number of piperidine rings is 1. The summed E-state index contributed by atoms with van der Waals surface area (Å²) in [6.07, 6.45) is 2.37. The first-order valence-corrected chi connectivity index (χ1v) is 14.3. The lowest BCUT2D eigenvalue weighted by molar-refractivity contribution is -0.133. The maximum absolute atomic E-state index is 13.8. The monoisotopic (exact) mass is 529 g/mol. The van der Waals surface area contributed by atoms with E-state index in [1.807, 2.05) is 102 Å². The van der Waals surface area contributed by atoms with E-state index in [-0.39, 0.29) is 28.6 Å². The number of carbonyl (C=O) groups excluding carboxylic acids is 2. The van der Waals surface area contributed by atoms with E-state index in [1.165, 1.54) is 0 Å². The highest BCUT2D eigenvalue weighted by Gasteiger charge is 2.45. The molecule has 0 radical (unpaired) electrons. The van der Waals surface area contributed by atoms with Crippen LogP contribution in [0.3, 0.4) is 0 Å². The fourth-order valence-corrected chi connectivity index (χ4v) is 6.88. The fourth-order valence-electron chi connectivity index (χ4n) is 5.47. The molecule has 3 aromatic carbocycles. The second kappa shape index (κ2) is 12.0. The van der Waals surface area contributed by atoms with Crippen molar-refractivity contribution in [2.45, 2.75) is 36.1 Å². The molecule has 2 aliphatic rings. The summed E-state index contributed by atoms with van der Waals surface area (Å²) in [5.74, 6) is 1.46. The first-order chi connectivity index (χ1) is 18.6. The van der Waals surface area contributed by atoms with E-state index in [1.54, 1.807) is 7.11 Å². The summed E-state index contributed by atoms with van der Waals surface area (Å²) >= 11 is 1.82. The van der Waals surface area contributed by atoms with Crippen molar-refractivity contribution in [3.63, 3.8) is 0 Å². The minimum absolute atomic E-state index is 0.0380. The molecule has 6 nitrogen and oxygen atoms in total. The van der Waals surface area contributed by atoms with Gasteiger partial charge in [0.05, 0.1) is 23.9 Å². The van der Waals surface area contributed by atoms with Gasteiger partial charge in [-0.05, 0) is 42.0 Å². The van der Waals surface area contributed by atoms with Crippen molar-refractivity contribution in [1.82, 2.24) is 15.5 Å². The van der Waals surface area contributed by atoms with Crippen LogP contribution in [-0.4, -0.2) is 60.1 Å². The molecule has 2 heterocycles. The van der Waals surface area contributed by atoms with E-state index in [4.69, 9.17) is 4.74 Å². The van der Waals surface area contributed by atoms with Crippen LogP contribution in [0.4, 0.5) is 0 Å². The predicted molar refractivity (Wildman–Crippen MR) is 152 cm³/mol. The lowest BCUT2D eigenvalue weighted by Crippen LogP contribution is -2.55. The molecule has 7 heteroatoms. The maximum atomic E-state index is 13.8. The third-order valence-corrected chi connectivity index (χ3v) is 9.14. The molecule has 5 rings (SSSR count). The molecule has 2 N–H and O–H groups in total. The summed E-state index contributed by atoms with van der Waals surface area (Å²) in [4.78, 5) is 28.5. The summed E-state index contributed by atoms with van der Waals surface area (Å²) < 4.78 is 5.41. The smallest absolute Gasteiger partial charge is 0.238 e. The Balaban J connectivity index is 1.16. The van der Waals surface area contributed by atoms with Crippen LogP contribution in [0.25, 0.3) is 0 Å². The quantitative estimate of drug-likeness (QED) is 0.458. The van der Waals surface area contributed by atoms with Gasteiger partial charge in [-0.25, -0.2) is 0 Å². The molecule has 0 aromatic heterocycles. The number of carbonyl (C=O) groups is 2. The van der Waals surface area contributed by atoms with E-state index < -0.39 is 0 Å². The van der Waals surface area contributed by atoms with Crippen molar-refractivity contribution in [3.05, 3.63) is 102 Å². The van der Waals surface area contributed by atoms with Crippen LogP contribution in [-0.2, 0) is 16.0 Å². The lowest BCUT2D eigenvalue weighted by atomic mass is 9.89. The SMILES string of the molecule is COc1ccccc1CCNC(=O)C1CSC2(CCN(C(=O)C(c3ccccc3)c3ccccc3)CC2)N1. The van der Waals surface area contributed by atoms with Crippen molar-refractivity contribution >= 4 is 23.6 Å². The van der Waals surface area contributed by atoms with E-state index in [9.17, 15) is 9.59 Å². The molecule has 2 fully saturated rings. The van der Waals surface area contributed by atoms with Gasteiger partial charge in [0, 0.05) is 25.4 Å². The van der Waals surface area contributed by atoms with Gasteiger partial charge in [0.25, 0.3) is 0 Å². The number of likely N-dealkylation sites (tertiary alicyclic amines) is 1. The molecule has 1 spiro atoms. The minimum atomic E-state index is -0.308. The van der Waals surface area contributed by atoms with Crippen molar-refractivity contribution in [2.24, 2.45) is 0 Å². The van der Waals surface area contributed by atoms with Crippen LogP contribution in [0.15, 0.2) is 84.9 Å². The Labute approximate surface area is 229 Å². The summed E-state index contributed by atoms with van der Waals surface area (Å²) in [6.45, 7) is 1.92. The largest absolute Gasteiger partial charge is 0.496 e. The molecule has 3 aromatic rings. The Morgan fingerprint density at radius 3 is 2.21 bits per heavy atom. The van der Waals surface area contributed by atoms with Crippen LogP contribution >= 0.6 is 11.8 Å². The van der Waals surface area contributed by atoms with Crippen LogP contribution in [0.5, 0.6) is 5.75 Å². The number of amides is 2. The number of benzene rings is 3. The highest BCUT2D eigenvalue weighted by molar-refractivity contribution is 8.01. The number of para-hydroxylation sites is 1. The second-order valence-electron chi connectivity index (χ2n) is 9.93. The molecule has 1 unspecified atom stereocenters. The lowest BCUT2D eigenvalue weighted by Gasteiger charge is -2.40.